The van der Waals surface area contributed by atoms with Crippen molar-refractivity contribution in [1.29, 1.82) is 0 Å². The van der Waals surface area contributed by atoms with Crippen LogP contribution in [0, 0.1) is 0 Å². The molecular weight excluding hydrogens is 350 g/mol. The average Bonchev–Trinajstić information content (AvgIpc) is 2.77. The van der Waals surface area contributed by atoms with E-state index >= 15 is 0 Å². The zero-order valence-corrected chi connectivity index (χ0v) is 16.1. The van der Waals surface area contributed by atoms with E-state index in [1.165, 1.54) is 11.1 Å². The zero-order chi connectivity index (χ0) is 19.1. The van der Waals surface area contributed by atoms with Gasteiger partial charge in [-0.25, -0.2) is 0 Å². The maximum atomic E-state index is 6.84. The molecule has 4 nitrogen and oxygen atoms in total. The summed E-state index contributed by atoms with van der Waals surface area (Å²) in [6.07, 6.45) is 0.940. The molecule has 28 heavy (non-hydrogen) atoms. The largest absolute Gasteiger partial charge is 0.493 e. The molecule has 0 saturated carbocycles. The van der Waals surface area contributed by atoms with Crippen molar-refractivity contribution in [2.45, 2.75) is 18.7 Å². The molecule has 3 aromatic rings. The van der Waals surface area contributed by atoms with Crippen molar-refractivity contribution in [3.63, 3.8) is 0 Å². The molecule has 0 N–H and O–H groups in total. The minimum atomic E-state index is -0.678. The Morgan fingerprint density at radius 3 is 2.36 bits per heavy atom. The summed E-state index contributed by atoms with van der Waals surface area (Å²) in [5.41, 5.74) is 4.02. The van der Waals surface area contributed by atoms with Crippen molar-refractivity contribution in [3.05, 3.63) is 89.0 Å². The number of ether oxygens (including phenoxy) is 3. The second-order valence-corrected chi connectivity index (χ2v) is 7.26. The van der Waals surface area contributed by atoms with Crippen molar-refractivity contribution >= 4 is 0 Å². The van der Waals surface area contributed by atoms with Gasteiger partial charge in [-0.2, -0.15) is 0 Å². The minimum Gasteiger partial charge on any atom is -0.493 e. The third-order valence-corrected chi connectivity index (χ3v) is 5.83. The number of rotatable bonds is 3. The Bertz CT molecular complexity index is 1020. The zero-order valence-electron chi connectivity index (χ0n) is 16.1. The number of nitrogens with zero attached hydrogens (tertiary/aromatic N) is 1. The van der Waals surface area contributed by atoms with Crippen LogP contribution in [0.4, 0.5) is 0 Å². The van der Waals surface area contributed by atoms with Crippen LogP contribution in [0.5, 0.6) is 17.2 Å². The van der Waals surface area contributed by atoms with Crippen molar-refractivity contribution < 1.29 is 14.2 Å². The van der Waals surface area contributed by atoms with Gasteiger partial charge >= 0.3 is 0 Å². The second-order valence-electron chi connectivity index (χ2n) is 7.26. The highest BCUT2D eigenvalue weighted by atomic mass is 16.5. The third kappa shape index (κ3) is 2.41. The first kappa shape index (κ1) is 17.1. The molecule has 3 aromatic carbocycles. The predicted molar refractivity (Wildman–Crippen MR) is 108 cm³/mol. The topological polar surface area (TPSA) is 30.9 Å². The minimum absolute atomic E-state index is 0.678. The highest BCUT2D eigenvalue weighted by Crippen LogP contribution is 2.49. The van der Waals surface area contributed by atoms with Crippen LogP contribution < -0.4 is 14.2 Å². The quantitative estimate of drug-likeness (QED) is 0.683. The van der Waals surface area contributed by atoms with Crippen LogP contribution >= 0.6 is 0 Å². The lowest BCUT2D eigenvalue weighted by Gasteiger charge is -2.51. The summed E-state index contributed by atoms with van der Waals surface area (Å²) >= 11 is 0. The molecule has 0 radical (unpaired) electrons. The number of para-hydroxylation sites is 1. The molecule has 142 valence electrons. The number of fused-ring (bicyclic) bond motifs is 4. The number of methoxy groups -OCH3 is 2. The molecule has 2 aliphatic rings. The molecule has 0 saturated heterocycles. The molecule has 2 heterocycles. The lowest BCUT2D eigenvalue weighted by Crippen LogP contribution is -2.56. The van der Waals surface area contributed by atoms with Crippen LogP contribution in [0.1, 0.15) is 22.3 Å². The molecule has 5 rings (SSSR count). The van der Waals surface area contributed by atoms with Crippen molar-refractivity contribution in [1.82, 2.24) is 4.90 Å². The maximum absolute atomic E-state index is 6.84. The van der Waals surface area contributed by atoms with Gasteiger partial charge in [0, 0.05) is 29.8 Å². The highest BCUT2D eigenvalue weighted by Gasteiger charge is 2.49. The standard InChI is InChI=1S/C24H23NO3/c1-26-22-14-17-12-13-25-16-18-8-6-7-11-21(18)28-24(25,19-9-4-3-5-10-19)20(17)15-23(22)27-2/h3-11,14-15H,12-13,16H2,1-2H3. The van der Waals surface area contributed by atoms with Crippen LogP contribution in [0.15, 0.2) is 66.7 Å². The van der Waals surface area contributed by atoms with Crippen LogP contribution in [-0.4, -0.2) is 25.7 Å². The van der Waals surface area contributed by atoms with Crippen LogP contribution in [0.2, 0.25) is 0 Å². The van der Waals surface area contributed by atoms with Crippen LogP contribution in [0.3, 0.4) is 0 Å². The SMILES string of the molecule is COc1cc2c(cc1OC)C1(c3ccccc3)Oc3ccccc3CN1CC2. The Labute approximate surface area is 165 Å². The smallest absolute Gasteiger partial charge is 0.216 e. The maximum Gasteiger partial charge on any atom is 0.216 e. The first-order valence-corrected chi connectivity index (χ1v) is 9.59. The van der Waals surface area contributed by atoms with Crippen molar-refractivity contribution in [3.8, 4) is 17.2 Å². The normalized spacial score (nSPS) is 20.4. The lowest BCUT2D eigenvalue weighted by atomic mass is 9.82. The van der Waals surface area contributed by atoms with Gasteiger partial charge in [0.05, 0.1) is 14.2 Å². The van der Waals surface area contributed by atoms with E-state index in [2.05, 4.69) is 59.5 Å². The monoisotopic (exact) mass is 373 g/mol. The summed E-state index contributed by atoms with van der Waals surface area (Å²) in [6, 6.07) is 23.0. The van der Waals surface area contributed by atoms with Crippen LogP contribution in [0.25, 0.3) is 0 Å². The fourth-order valence-corrected chi connectivity index (χ4v) is 4.50. The van der Waals surface area contributed by atoms with Gasteiger partial charge in [-0.05, 0) is 30.2 Å². The molecule has 0 fully saturated rings. The fraction of sp³-hybridized carbons (Fsp3) is 0.250. The summed E-state index contributed by atoms with van der Waals surface area (Å²) in [4.78, 5) is 2.43. The molecule has 0 aliphatic carbocycles. The Morgan fingerprint density at radius 1 is 0.857 bits per heavy atom. The Kier molecular flexibility index (Phi) is 4.02. The van der Waals surface area contributed by atoms with Gasteiger partial charge in [-0.3, -0.25) is 4.90 Å². The van der Waals surface area contributed by atoms with Gasteiger partial charge in [0.1, 0.15) is 5.75 Å². The Hall–Kier alpha value is -2.98. The summed E-state index contributed by atoms with van der Waals surface area (Å²) in [7, 11) is 3.36. The second kappa shape index (κ2) is 6.57. The fourth-order valence-electron chi connectivity index (χ4n) is 4.50. The van der Waals surface area contributed by atoms with E-state index in [0.29, 0.717) is 0 Å². The van der Waals surface area contributed by atoms with Crippen molar-refractivity contribution in [2.24, 2.45) is 0 Å². The van der Waals surface area contributed by atoms with Gasteiger partial charge < -0.3 is 14.2 Å². The van der Waals surface area contributed by atoms with Gasteiger partial charge in [-0.1, -0.05) is 48.5 Å². The van der Waals surface area contributed by atoms with E-state index in [4.69, 9.17) is 14.2 Å². The van der Waals surface area contributed by atoms with Gasteiger partial charge in [0.25, 0.3) is 0 Å². The molecule has 0 spiro atoms. The Balaban J connectivity index is 1.79. The first-order chi connectivity index (χ1) is 13.8. The van der Waals surface area contributed by atoms with E-state index in [9.17, 15) is 0 Å². The van der Waals surface area contributed by atoms with E-state index in [1.54, 1.807) is 14.2 Å². The first-order valence-electron chi connectivity index (χ1n) is 9.59. The molecule has 1 atom stereocenters. The van der Waals surface area contributed by atoms with E-state index in [-0.39, 0.29) is 0 Å². The number of hydrogen-bond acceptors (Lipinski definition) is 4. The highest BCUT2D eigenvalue weighted by molar-refractivity contribution is 5.55. The molecule has 1 unspecified atom stereocenters. The van der Waals surface area contributed by atoms with Crippen molar-refractivity contribution in [2.75, 3.05) is 20.8 Å². The Morgan fingerprint density at radius 2 is 1.57 bits per heavy atom. The molecule has 2 aliphatic heterocycles. The van der Waals surface area contributed by atoms with Crippen LogP contribution in [-0.2, 0) is 18.7 Å². The predicted octanol–water partition coefficient (Wildman–Crippen LogP) is 4.36. The molecular formula is C24H23NO3. The number of hydrogen-bond donors (Lipinski definition) is 0. The average molecular weight is 373 g/mol. The summed E-state index contributed by atoms with van der Waals surface area (Å²) in [6.45, 7) is 1.75. The van der Waals surface area contributed by atoms with E-state index < -0.39 is 5.72 Å². The molecule has 4 heteroatoms. The van der Waals surface area contributed by atoms with Gasteiger partial charge in [-0.15, -0.1) is 0 Å². The lowest BCUT2D eigenvalue weighted by molar-refractivity contribution is -0.0877. The molecule has 0 bridgehead atoms. The number of benzene rings is 3. The summed E-state index contributed by atoms with van der Waals surface area (Å²) in [5, 5.41) is 0. The molecule has 0 aromatic heterocycles. The molecule has 0 amide bonds. The van der Waals surface area contributed by atoms with Gasteiger partial charge in [0.2, 0.25) is 5.72 Å². The summed E-state index contributed by atoms with van der Waals surface area (Å²) < 4.78 is 18.0. The van der Waals surface area contributed by atoms with E-state index in [1.807, 2.05) is 12.1 Å². The van der Waals surface area contributed by atoms with Gasteiger partial charge in [0.15, 0.2) is 11.5 Å². The van der Waals surface area contributed by atoms with E-state index in [0.717, 1.165) is 47.9 Å². The third-order valence-electron chi connectivity index (χ3n) is 5.83. The summed E-state index contributed by atoms with van der Waals surface area (Å²) in [5.74, 6) is 2.42.